The normalized spacial score (nSPS) is 18.7. The van der Waals surface area contributed by atoms with Gasteiger partial charge < -0.3 is 5.73 Å². The van der Waals surface area contributed by atoms with E-state index in [9.17, 15) is 4.39 Å². The number of rotatable bonds is 2. The van der Waals surface area contributed by atoms with Gasteiger partial charge in [0.1, 0.15) is 5.82 Å². The van der Waals surface area contributed by atoms with E-state index in [1.807, 2.05) is 0 Å². The molecule has 3 heteroatoms. The molecule has 1 aromatic carbocycles. The first-order chi connectivity index (χ1) is 6.18. The highest BCUT2D eigenvalue weighted by Crippen LogP contribution is 2.39. The Balaban J connectivity index is 2.24. The minimum Gasteiger partial charge on any atom is -0.324 e. The fourth-order valence-corrected chi connectivity index (χ4v) is 1.84. The molecular formula is C10H11BrFN. The largest absolute Gasteiger partial charge is 0.324 e. The zero-order chi connectivity index (χ0) is 9.42. The van der Waals surface area contributed by atoms with Crippen molar-refractivity contribution >= 4 is 15.9 Å². The summed E-state index contributed by atoms with van der Waals surface area (Å²) in [4.78, 5) is 0. The average Bonchev–Trinajstić information content (AvgIpc) is 2.91. The molecule has 1 atom stereocenters. The smallest absolute Gasteiger partial charge is 0.137 e. The predicted molar refractivity (Wildman–Crippen MR) is 53.8 cm³/mol. The van der Waals surface area contributed by atoms with Crippen LogP contribution in [0.3, 0.4) is 0 Å². The summed E-state index contributed by atoms with van der Waals surface area (Å²) >= 11 is 3.15. The standard InChI is InChI=1S/C10H11BrFN/c11-8-5-7(3-4-9(8)12)10(13)6-1-2-6/h3-6,10H,1-2,13H2/t10-/m1/s1. The second-order valence-electron chi connectivity index (χ2n) is 3.54. The zero-order valence-electron chi connectivity index (χ0n) is 7.13. The lowest BCUT2D eigenvalue weighted by Crippen LogP contribution is -2.12. The van der Waals surface area contributed by atoms with Crippen LogP contribution < -0.4 is 5.73 Å². The summed E-state index contributed by atoms with van der Waals surface area (Å²) in [7, 11) is 0. The fourth-order valence-electron chi connectivity index (χ4n) is 1.45. The molecule has 1 aliphatic rings. The number of benzene rings is 1. The van der Waals surface area contributed by atoms with Crippen molar-refractivity contribution in [1.82, 2.24) is 0 Å². The molecule has 0 saturated heterocycles. The molecule has 0 bridgehead atoms. The highest BCUT2D eigenvalue weighted by atomic mass is 79.9. The van der Waals surface area contributed by atoms with E-state index in [1.165, 1.54) is 18.9 Å². The highest BCUT2D eigenvalue weighted by Gasteiger charge is 2.29. The zero-order valence-corrected chi connectivity index (χ0v) is 8.72. The van der Waals surface area contributed by atoms with Crippen LogP contribution in [-0.2, 0) is 0 Å². The molecule has 1 aromatic rings. The van der Waals surface area contributed by atoms with Crippen LogP contribution in [0.15, 0.2) is 22.7 Å². The Morgan fingerprint density at radius 1 is 1.46 bits per heavy atom. The maximum absolute atomic E-state index is 12.9. The van der Waals surface area contributed by atoms with Gasteiger partial charge in [-0.1, -0.05) is 6.07 Å². The summed E-state index contributed by atoms with van der Waals surface area (Å²) in [6, 6.07) is 5.08. The molecule has 0 amide bonds. The molecule has 0 radical (unpaired) electrons. The topological polar surface area (TPSA) is 26.0 Å². The summed E-state index contributed by atoms with van der Waals surface area (Å²) in [6.45, 7) is 0. The molecule has 0 aromatic heterocycles. The number of halogens is 2. The molecule has 1 saturated carbocycles. The van der Waals surface area contributed by atoms with E-state index in [0.29, 0.717) is 10.4 Å². The van der Waals surface area contributed by atoms with Crippen LogP contribution in [0, 0.1) is 11.7 Å². The first-order valence-electron chi connectivity index (χ1n) is 4.39. The molecule has 0 spiro atoms. The minimum absolute atomic E-state index is 0.0805. The lowest BCUT2D eigenvalue weighted by Gasteiger charge is -2.10. The van der Waals surface area contributed by atoms with E-state index in [-0.39, 0.29) is 11.9 Å². The molecule has 1 nitrogen and oxygen atoms in total. The van der Waals surface area contributed by atoms with Crippen molar-refractivity contribution in [2.24, 2.45) is 11.7 Å². The van der Waals surface area contributed by atoms with Crippen molar-refractivity contribution in [1.29, 1.82) is 0 Å². The summed E-state index contributed by atoms with van der Waals surface area (Å²) in [5.41, 5.74) is 7.00. The van der Waals surface area contributed by atoms with Gasteiger partial charge in [0.25, 0.3) is 0 Å². The lowest BCUT2D eigenvalue weighted by atomic mass is 10.0. The van der Waals surface area contributed by atoms with E-state index in [4.69, 9.17) is 5.73 Å². The van der Waals surface area contributed by atoms with Gasteiger partial charge in [-0.25, -0.2) is 4.39 Å². The first-order valence-corrected chi connectivity index (χ1v) is 5.18. The minimum atomic E-state index is -0.230. The number of hydrogen-bond acceptors (Lipinski definition) is 1. The van der Waals surface area contributed by atoms with E-state index >= 15 is 0 Å². The average molecular weight is 244 g/mol. The first kappa shape index (κ1) is 9.16. The maximum Gasteiger partial charge on any atom is 0.137 e. The van der Waals surface area contributed by atoms with Gasteiger partial charge in [0.15, 0.2) is 0 Å². The quantitative estimate of drug-likeness (QED) is 0.850. The van der Waals surface area contributed by atoms with E-state index in [2.05, 4.69) is 15.9 Å². The van der Waals surface area contributed by atoms with Crippen LogP contribution in [0.1, 0.15) is 24.4 Å². The van der Waals surface area contributed by atoms with Crippen LogP contribution in [0.2, 0.25) is 0 Å². The summed E-state index contributed by atoms with van der Waals surface area (Å²) in [6.07, 6.45) is 2.41. The van der Waals surface area contributed by atoms with Gasteiger partial charge >= 0.3 is 0 Å². The number of nitrogens with two attached hydrogens (primary N) is 1. The third-order valence-corrected chi connectivity index (χ3v) is 3.07. The fraction of sp³-hybridized carbons (Fsp3) is 0.400. The van der Waals surface area contributed by atoms with Gasteiger partial charge in [-0.2, -0.15) is 0 Å². The van der Waals surface area contributed by atoms with E-state index < -0.39 is 0 Å². The van der Waals surface area contributed by atoms with Crippen molar-refractivity contribution in [3.63, 3.8) is 0 Å². The Labute approximate surface area is 85.3 Å². The molecule has 0 heterocycles. The monoisotopic (exact) mass is 243 g/mol. The second-order valence-corrected chi connectivity index (χ2v) is 4.39. The van der Waals surface area contributed by atoms with Crippen molar-refractivity contribution in [3.05, 3.63) is 34.1 Å². The Morgan fingerprint density at radius 3 is 2.69 bits per heavy atom. The third-order valence-electron chi connectivity index (χ3n) is 2.46. The van der Waals surface area contributed by atoms with Gasteiger partial charge in [0.2, 0.25) is 0 Å². The Morgan fingerprint density at radius 2 is 2.15 bits per heavy atom. The summed E-state index contributed by atoms with van der Waals surface area (Å²) in [5.74, 6) is 0.379. The van der Waals surface area contributed by atoms with Crippen molar-refractivity contribution in [2.45, 2.75) is 18.9 Å². The highest BCUT2D eigenvalue weighted by molar-refractivity contribution is 9.10. The van der Waals surface area contributed by atoms with Crippen LogP contribution in [0.4, 0.5) is 4.39 Å². The molecule has 0 aliphatic heterocycles. The maximum atomic E-state index is 12.9. The predicted octanol–water partition coefficient (Wildman–Crippen LogP) is 3.00. The lowest BCUT2D eigenvalue weighted by molar-refractivity contribution is 0.607. The molecule has 70 valence electrons. The molecule has 13 heavy (non-hydrogen) atoms. The Bertz CT molecular complexity index is 323. The van der Waals surface area contributed by atoms with Gasteiger partial charge in [-0.3, -0.25) is 0 Å². The molecule has 2 rings (SSSR count). The summed E-state index contributed by atoms with van der Waals surface area (Å²) in [5, 5.41) is 0. The molecule has 2 N–H and O–H groups in total. The van der Waals surface area contributed by atoms with E-state index in [0.717, 1.165) is 5.56 Å². The van der Waals surface area contributed by atoms with Crippen LogP contribution >= 0.6 is 15.9 Å². The molecule has 1 fully saturated rings. The van der Waals surface area contributed by atoms with E-state index in [1.54, 1.807) is 12.1 Å². The van der Waals surface area contributed by atoms with Crippen LogP contribution in [0.25, 0.3) is 0 Å². The van der Waals surface area contributed by atoms with Gasteiger partial charge in [0, 0.05) is 6.04 Å². The SMILES string of the molecule is N[C@@H](c1ccc(F)c(Br)c1)C1CC1. The van der Waals surface area contributed by atoms with Crippen molar-refractivity contribution in [2.75, 3.05) is 0 Å². The third kappa shape index (κ3) is 1.92. The molecular weight excluding hydrogens is 233 g/mol. The van der Waals surface area contributed by atoms with Crippen molar-refractivity contribution in [3.8, 4) is 0 Å². The molecule has 1 aliphatic carbocycles. The van der Waals surface area contributed by atoms with Crippen molar-refractivity contribution < 1.29 is 4.39 Å². The molecule has 0 unspecified atom stereocenters. The second kappa shape index (κ2) is 3.39. The van der Waals surface area contributed by atoms with Crippen LogP contribution in [-0.4, -0.2) is 0 Å². The Hall–Kier alpha value is -0.410. The summed E-state index contributed by atoms with van der Waals surface area (Å²) < 4.78 is 13.4. The van der Waals surface area contributed by atoms with Gasteiger partial charge in [0.05, 0.1) is 4.47 Å². The van der Waals surface area contributed by atoms with Gasteiger partial charge in [-0.15, -0.1) is 0 Å². The number of hydrogen-bond donors (Lipinski definition) is 1. The Kier molecular flexibility index (Phi) is 2.39. The van der Waals surface area contributed by atoms with Gasteiger partial charge in [-0.05, 0) is 52.4 Å². The van der Waals surface area contributed by atoms with Crippen LogP contribution in [0.5, 0.6) is 0 Å².